The van der Waals surface area contributed by atoms with Crippen molar-refractivity contribution in [1.82, 2.24) is 15.0 Å². The van der Waals surface area contributed by atoms with Crippen molar-refractivity contribution >= 4 is 23.1 Å². The number of pyridine rings is 1. The molecular weight excluding hydrogens is 336 g/mol. The van der Waals surface area contributed by atoms with Crippen LogP contribution in [0.5, 0.6) is 0 Å². The van der Waals surface area contributed by atoms with Crippen molar-refractivity contribution in [2.45, 2.75) is 13.8 Å². The lowest BCUT2D eigenvalue weighted by molar-refractivity contribution is 0.640. The van der Waals surface area contributed by atoms with Crippen LogP contribution in [0, 0.1) is 13.8 Å². The fraction of sp³-hybridized carbons (Fsp3) is 0.286. The van der Waals surface area contributed by atoms with Crippen molar-refractivity contribution in [3.8, 4) is 0 Å². The van der Waals surface area contributed by atoms with Gasteiger partial charge in [0.1, 0.15) is 23.3 Å². The summed E-state index contributed by atoms with van der Waals surface area (Å²) in [5.41, 5.74) is 2.26. The van der Waals surface area contributed by atoms with E-state index in [2.05, 4.69) is 61.3 Å². The van der Waals surface area contributed by atoms with Gasteiger partial charge in [-0.25, -0.2) is 15.0 Å². The summed E-state index contributed by atoms with van der Waals surface area (Å²) in [6.07, 6.45) is 1.85. The molecule has 3 heterocycles. The SMILES string of the molecule is Cc1cccc(Nc2cc(N3CCN(c4ccccn4)CC3)nc(C)n2)c1. The van der Waals surface area contributed by atoms with Gasteiger partial charge in [0.2, 0.25) is 0 Å². The third kappa shape index (κ3) is 4.16. The molecule has 6 nitrogen and oxygen atoms in total. The molecule has 138 valence electrons. The molecule has 1 aliphatic heterocycles. The van der Waals surface area contributed by atoms with E-state index >= 15 is 0 Å². The second-order valence-electron chi connectivity index (χ2n) is 6.82. The molecule has 27 heavy (non-hydrogen) atoms. The topological polar surface area (TPSA) is 57.2 Å². The summed E-state index contributed by atoms with van der Waals surface area (Å²) in [4.78, 5) is 18.3. The first-order chi connectivity index (χ1) is 13.2. The number of anilines is 4. The minimum Gasteiger partial charge on any atom is -0.353 e. The summed E-state index contributed by atoms with van der Waals surface area (Å²) in [5, 5.41) is 3.40. The Morgan fingerprint density at radius 1 is 0.815 bits per heavy atom. The van der Waals surface area contributed by atoms with Crippen LogP contribution in [-0.4, -0.2) is 41.1 Å². The van der Waals surface area contributed by atoms with Gasteiger partial charge in [0, 0.05) is 44.1 Å². The Bertz CT molecular complexity index is 904. The van der Waals surface area contributed by atoms with Crippen molar-refractivity contribution in [2.75, 3.05) is 41.3 Å². The van der Waals surface area contributed by atoms with Gasteiger partial charge >= 0.3 is 0 Å². The van der Waals surface area contributed by atoms with Gasteiger partial charge in [-0.2, -0.15) is 0 Å². The van der Waals surface area contributed by atoms with Crippen LogP contribution >= 0.6 is 0 Å². The zero-order valence-corrected chi connectivity index (χ0v) is 15.8. The normalized spacial score (nSPS) is 14.3. The summed E-state index contributed by atoms with van der Waals surface area (Å²) < 4.78 is 0. The summed E-state index contributed by atoms with van der Waals surface area (Å²) in [5.74, 6) is 3.61. The Hall–Kier alpha value is -3.15. The zero-order valence-electron chi connectivity index (χ0n) is 15.8. The molecule has 2 aromatic heterocycles. The highest BCUT2D eigenvalue weighted by molar-refractivity contribution is 5.60. The van der Waals surface area contributed by atoms with Crippen LogP contribution < -0.4 is 15.1 Å². The Morgan fingerprint density at radius 3 is 2.30 bits per heavy atom. The molecule has 1 fully saturated rings. The van der Waals surface area contributed by atoms with E-state index < -0.39 is 0 Å². The fourth-order valence-corrected chi connectivity index (χ4v) is 3.35. The molecular formula is C21H24N6. The molecule has 0 bridgehead atoms. The summed E-state index contributed by atoms with van der Waals surface area (Å²) in [6, 6.07) is 16.4. The molecule has 1 aliphatic rings. The highest BCUT2D eigenvalue weighted by atomic mass is 15.3. The Kier molecular flexibility index (Phi) is 4.87. The van der Waals surface area contributed by atoms with Gasteiger partial charge in [-0.05, 0) is 43.7 Å². The maximum absolute atomic E-state index is 4.66. The van der Waals surface area contributed by atoms with Gasteiger partial charge in [-0.15, -0.1) is 0 Å². The summed E-state index contributed by atoms with van der Waals surface area (Å²) in [7, 11) is 0. The molecule has 1 aromatic carbocycles. The maximum atomic E-state index is 4.66. The van der Waals surface area contributed by atoms with E-state index in [4.69, 9.17) is 0 Å². The number of benzene rings is 1. The average Bonchev–Trinajstić information content (AvgIpc) is 2.68. The number of aryl methyl sites for hydroxylation is 2. The lowest BCUT2D eigenvalue weighted by atomic mass is 10.2. The molecule has 0 amide bonds. The summed E-state index contributed by atoms with van der Waals surface area (Å²) in [6.45, 7) is 7.72. The smallest absolute Gasteiger partial charge is 0.136 e. The average molecular weight is 360 g/mol. The van der Waals surface area contributed by atoms with E-state index in [9.17, 15) is 0 Å². The molecule has 1 N–H and O–H groups in total. The zero-order chi connectivity index (χ0) is 18.6. The first-order valence-electron chi connectivity index (χ1n) is 9.28. The molecule has 4 rings (SSSR count). The van der Waals surface area contributed by atoms with E-state index in [1.165, 1.54) is 5.56 Å². The third-order valence-electron chi connectivity index (χ3n) is 4.69. The molecule has 0 atom stereocenters. The van der Waals surface area contributed by atoms with Crippen LogP contribution in [0.4, 0.5) is 23.1 Å². The van der Waals surface area contributed by atoms with Gasteiger partial charge in [-0.3, -0.25) is 0 Å². The van der Waals surface area contributed by atoms with Gasteiger partial charge in [-0.1, -0.05) is 18.2 Å². The molecule has 1 saturated heterocycles. The fourth-order valence-electron chi connectivity index (χ4n) is 3.35. The first kappa shape index (κ1) is 17.3. The van der Waals surface area contributed by atoms with E-state index in [1.54, 1.807) is 0 Å². The number of aromatic nitrogens is 3. The Labute approximate surface area is 159 Å². The van der Waals surface area contributed by atoms with Crippen LogP contribution in [0.3, 0.4) is 0 Å². The van der Waals surface area contributed by atoms with Crippen LogP contribution in [0.25, 0.3) is 0 Å². The summed E-state index contributed by atoms with van der Waals surface area (Å²) >= 11 is 0. The highest BCUT2D eigenvalue weighted by Gasteiger charge is 2.19. The first-order valence-corrected chi connectivity index (χ1v) is 9.28. The molecule has 0 aliphatic carbocycles. The van der Waals surface area contributed by atoms with Crippen LogP contribution in [0.2, 0.25) is 0 Å². The van der Waals surface area contributed by atoms with Crippen LogP contribution in [0.1, 0.15) is 11.4 Å². The lowest BCUT2D eigenvalue weighted by Gasteiger charge is -2.36. The second kappa shape index (κ2) is 7.61. The third-order valence-corrected chi connectivity index (χ3v) is 4.69. The molecule has 0 radical (unpaired) electrons. The molecule has 6 heteroatoms. The van der Waals surface area contributed by atoms with Crippen molar-refractivity contribution in [1.29, 1.82) is 0 Å². The Morgan fingerprint density at radius 2 is 1.59 bits per heavy atom. The number of hydrogen-bond acceptors (Lipinski definition) is 6. The van der Waals surface area contributed by atoms with Crippen molar-refractivity contribution in [3.63, 3.8) is 0 Å². The maximum Gasteiger partial charge on any atom is 0.136 e. The van der Waals surface area contributed by atoms with Crippen molar-refractivity contribution in [3.05, 3.63) is 66.1 Å². The van der Waals surface area contributed by atoms with Crippen LogP contribution in [-0.2, 0) is 0 Å². The van der Waals surface area contributed by atoms with Crippen molar-refractivity contribution in [2.24, 2.45) is 0 Å². The molecule has 3 aromatic rings. The van der Waals surface area contributed by atoms with Crippen molar-refractivity contribution < 1.29 is 0 Å². The van der Waals surface area contributed by atoms with Crippen LogP contribution in [0.15, 0.2) is 54.7 Å². The van der Waals surface area contributed by atoms with Gasteiger partial charge in [0.15, 0.2) is 0 Å². The standard InChI is InChI=1S/C21H24N6/c1-16-6-5-7-18(14-16)25-19-15-21(24-17(2)23-19)27-12-10-26(11-13-27)20-8-3-4-9-22-20/h3-9,14-15H,10-13H2,1-2H3,(H,23,24,25). The van der Waals surface area contributed by atoms with E-state index in [1.807, 2.05) is 37.4 Å². The minimum atomic E-state index is 0.773. The van der Waals surface area contributed by atoms with Gasteiger partial charge < -0.3 is 15.1 Å². The largest absolute Gasteiger partial charge is 0.353 e. The van der Waals surface area contributed by atoms with Gasteiger partial charge in [0.25, 0.3) is 0 Å². The number of nitrogens with zero attached hydrogens (tertiary/aromatic N) is 5. The van der Waals surface area contributed by atoms with Gasteiger partial charge in [0.05, 0.1) is 0 Å². The molecule has 0 saturated carbocycles. The van der Waals surface area contributed by atoms with E-state index in [0.717, 1.165) is 55.1 Å². The number of hydrogen-bond donors (Lipinski definition) is 1. The van der Waals surface area contributed by atoms with E-state index in [-0.39, 0.29) is 0 Å². The highest BCUT2D eigenvalue weighted by Crippen LogP contribution is 2.22. The number of piperazine rings is 1. The minimum absolute atomic E-state index is 0.773. The Balaban J connectivity index is 1.47. The lowest BCUT2D eigenvalue weighted by Crippen LogP contribution is -2.47. The number of nitrogens with one attached hydrogen (secondary N) is 1. The quantitative estimate of drug-likeness (QED) is 0.768. The monoisotopic (exact) mass is 360 g/mol. The predicted molar refractivity (Wildman–Crippen MR) is 110 cm³/mol. The predicted octanol–water partition coefficient (Wildman–Crippen LogP) is 3.56. The second-order valence-corrected chi connectivity index (χ2v) is 6.82. The number of rotatable bonds is 4. The van der Waals surface area contributed by atoms with E-state index in [0.29, 0.717) is 0 Å². The molecule has 0 spiro atoms. The molecule has 0 unspecified atom stereocenters.